The minimum atomic E-state index is -1.36. The normalized spacial score (nSPS) is 9.15. The molecule has 5 aromatic carbocycles. The number of carbonyl (C=O) groups excluding carboxylic acids is 4. The fourth-order valence-corrected chi connectivity index (χ4v) is 3.32. The molecule has 0 saturated carbocycles. The van der Waals surface area contributed by atoms with Crippen LogP contribution in [0.25, 0.3) is 0 Å². The molecule has 0 amide bonds. The standard InChI is InChI=1S/4C7H6O3.C6H5.Ti/c4*8-6-4-2-1-3-5(6)7(9)10;1-2-4-6-5-3-1;/h4*1-4,8H,(H,9,10);1-5H;/q;;;;;+4/p-4. The Morgan fingerprint density at radius 2 is 0.553 bits per heavy atom. The molecular weight excluding hydrogens is 648 g/mol. The van der Waals surface area contributed by atoms with E-state index in [1.165, 1.54) is 76.7 Å². The molecule has 5 aromatic rings. The van der Waals surface area contributed by atoms with Crippen LogP contribution >= 0.6 is 0 Å². The van der Waals surface area contributed by atoms with Crippen molar-refractivity contribution in [3.05, 3.63) is 150 Å². The molecule has 12 nitrogen and oxygen atoms in total. The second kappa shape index (κ2) is 20.8. The van der Waals surface area contributed by atoms with E-state index in [0.29, 0.717) is 0 Å². The number of benzene rings is 5. The van der Waals surface area contributed by atoms with Gasteiger partial charge in [-0.15, -0.1) is 0 Å². The molecule has 0 spiro atoms. The van der Waals surface area contributed by atoms with E-state index in [-0.39, 0.29) is 45.3 Å². The van der Waals surface area contributed by atoms with Crippen molar-refractivity contribution >= 4 is 27.7 Å². The van der Waals surface area contributed by atoms with Crippen molar-refractivity contribution in [2.45, 2.75) is 0 Å². The number of carboxylic acids is 4. The van der Waals surface area contributed by atoms with Crippen LogP contribution in [-0.2, 0) is 20.4 Å². The summed E-state index contributed by atoms with van der Waals surface area (Å²) in [7, 11) is 0. The maximum absolute atomic E-state index is 10.2. The molecule has 0 atom stereocenters. The zero-order valence-electron chi connectivity index (χ0n) is 24.2. The molecule has 237 valence electrons. The van der Waals surface area contributed by atoms with Crippen molar-refractivity contribution < 1.29 is 80.5 Å². The molecule has 0 fully saturated rings. The summed E-state index contributed by atoms with van der Waals surface area (Å²) in [5.74, 6) is -6.50. The van der Waals surface area contributed by atoms with Crippen LogP contribution in [0.5, 0.6) is 23.0 Å². The Labute approximate surface area is 280 Å². The number of hydrogen-bond donors (Lipinski definition) is 4. The average molecular weight is 673 g/mol. The molecule has 47 heavy (non-hydrogen) atoms. The van der Waals surface area contributed by atoms with Gasteiger partial charge in [-0.2, -0.15) is 0 Å². The van der Waals surface area contributed by atoms with E-state index < -0.39 is 23.9 Å². The Hall–Kier alpha value is -6.11. The van der Waals surface area contributed by atoms with E-state index in [0.717, 1.165) is 0 Å². The molecule has 4 N–H and O–H groups in total. The van der Waals surface area contributed by atoms with Gasteiger partial charge >= 0.3 is 54.6 Å². The third kappa shape index (κ3) is 15.0. The van der Waals surface area contributed by atoms with Gasteiger partial charge in [-0.1, -0.05) is 48.5 Å². The van der Waals surface area contributed by atoms with Gasteiger partial charge in [0.25, 0.3) is 0 Å². The van der Waals surface area contributed by atoms with Gasteiger partial charge in [0.15, 0.2) is 0 Å². The topological polar surface area (TPSA) is 241 Å². The summed E-state index contributed by atoms with van der Waals surface area (Å²) in [5, 5.41) is 76.0. The fraction of sp³-hybridized carbons (Fsp3) is 0. The molecule has 5 rings (SSSR count). The predicted molar refractivity (Wildman–Crippen MR) is 156 cm³/mol. The quantitative estimate of drug-likeness (QED) is 0.183. The van der Waals surface area contributed by atoms with Crippen molar-refractivity contribution in [2.24, 2.45) is 0 Å². The van der Waals surface area contributed by atoms with Crippen molar-refractivity contribution in [3.8, 4) is 23.0 Å². The Kier molecular flexibility index (Phi) is 17.2. The summed E-state index contributed by atoms with van der Waals surface area (Å²) < 4.78 is 1.32. The third-order valence-electron chi connectivity index (χ3n) is 5.27. The average Bonchev–Trinajstić information content (AvgIpc) is 3.03. The SMILES string of the molecule is O=C([O-])c1ccccc1O.O=C([O-])c1ccccc1O.O=C([O-])c1ccccc1O.O=C([O-])c1ccccc1O.[Ti+4][c]1ccccc1. The van der Waals surface area contributed by atoms with E-state index in [9.17, 15) is 39.6 Å². The van der Waals surface area contributed by atoms with Crippen LogP contribution in [0.1, 0.15) is 41.4 Å². The summed E-state index contributed by atoms with van der Waals surface area (Å²) in [6.45, 7) is 0. The van der Waals surface area contributed by atoms with Gasteiger partial charge in [0.2, 0.25) is 0 Å². The van der Waals surface area contributed by atoms with Crippen LogP contribution in [0.3, 0.4) is 0 Å². The van der Waals surface area contributed by atoms with E-state index in [2.05, 4.69) is 32.6 Å². The molecule has 0 radical (unpaired) electrons. The monoisotopic (exact) mass is 673 g/mol. The van der Waals surface area contributed by atoms with E-state index in [1.54, 1.807) is 24.3 Å². The van der Waals surface area contributed by atoms with Crippen LogP contribution in [0, 0.1) is 0 Å². The van der Waals surface area contributed by atoms with Gasteiger partial charge in [0.1, 0.15) is 23.0 Å². The van der Waals surface area contributed by atoms with Crippen LogP contribution < -0.4 is 24.3 Å². The summed E-state index contributed by atoms with van der Waals surface area (Å²) >= 11 is 2.08. The number of carboxylic acid groups (broad SMARTS) is 4. The molecule has 0 aromatic heterocycles. The third-order valence-corrected chi connectivity index (χ3v) is 5.79. The number of rotatable bonds is 4. The van der Waals surface area contributed by atoms with Crippen molar-refractivity contribution in [2.75, 3.05) is 0 Å². The van der Waals surface area contributed by atoms with Crippen LogP contribution in [0.4, 0.5) is 0 Å². The van der Waals surface area contributed by atoms with Crippen molar-refractivity contribution in [1.29, 1.82) is 0 Å². The molecule has 0 unspecified atom stereocenters. The van der Waals surface area contributed by atoms with E-state index in [1.807, 2.05) is 18.2 Å². The molecule has 13 heteroatoms. The Balaban J connectivity index is 0.000000295. The second-order valence-electron chi connectivity index (χ2n) is 8.58. The number of hydrogen-bond acceptors (Lipinski definition) is 12. The first-order chi connectivity index (χ1) is 22.3. The van der Waals surface area contributed by atoms with Gasteiger partial charge in [0.05, 0.1) is 23.9 Å². The van der Waals surface area contributed by atoms with Crippen molar-refractivity contribution in [3.63, 3.8) is 0 Å². The number of phenols is 4. The number of para-hydroxylation sites is 4. The van der Waals surface area contributed by atoms with Gasteiger partial charge in [-0.25, -0.2) is 0 Å². The zero-order valence-corrected chi connectivity index (χ0v) is 25.7. The first kappa shape index (κ1) is 38.9. The fourth-order valence-electron chi connectivity index (χ4n) is 3.02. The van der Waals surface area contributed by atoms with Gasteiger partial charge in [0, 0.05) is 22.3 Å². The summed E-state index contributed by atoms with van der Waals surface area (Å²) in [4.78, 5) is 40.6. The number of aromatic hydroxyl groups is 4. The Bertz CT molecular complexity index is 1540. The second-order valence-corrected chi connectivity index (χ2v) is 9.49. The summed E-state index contributed by atoms with van der Waals surface area (Å²) in [6, 6.07) is 32.8. The maximum atomic E-state index is 10.2. The predicted octanol–water partition coefficient (Wildman–Crippen LogP) is -0.119. The summed E-state index contributed by atoms with van der Waals surface area (Å²) in [5.41, 5.74) is -0.713. The molecule has 0 saturated heterocycles. The van der Waals surface area contributed by atoms with Crippen LogP contribution in [0.15, 0.2) is 127 Å². The molecule has 0 heterocycles. The van der Waals surface area contributed by atoms with Gasteiger partial charge in [-0.05, 0) is 48.5 Å². The van der Waals surface area contributed by atoms with Gasteiger partial charge < -0.3 is 60.0 Å². The number of carbonyl (C=O) groups is 4. The van der Waals surface area contributed by atoms with E-state index in [4.69, 9.17) is 20.4 Å². The van der Waals surface area contributed by atoms with Crippen molar-refractivity contribution in [1.82, 2.24) is 0 Å². The first-order valence-electron chi connectivity index (χ1n) is 13.0. The molecule has 0 aliphatic carbocycles. The summed E-state index contributed by atoms with van der Waals surface area (Å²) in [6.07, 6.45) is 0. The zero-order chi connectivity index (χ0) is 35.4. The Morgan fingerprint density at radius 1 is 0.362 bits per heavy atom. The van der Waals surface area contributed by atoms with E-state index >= 15 is 0 Å². The van der Waals surface area contributed by atoms with Crippen LogP contribution in [-0.4, -0.2) is 44.3 Å². The molecular formula is C34H25O12Ti. The van der Waals surface area contributed by atoms with Gasteiger partial charge in [-0.3, -0.25) is 0 Å². The molecule has 0 aliphatic heterocycles. The first-order valence-corrected chi connectivity index (χ1v) is 13.8. The molecule has 0 bridgehead atoms. The minimum absolute atomic E-state index is 0.178. The molecule has 0 aliphatic rings. The van der Waals surface area contributed by atoms with Crippen LogP contribution in [0.2, 0.25) is 0 Å². The Morgan fingerprint density at radius 3 is 0.681 bits per heavy atom. The number of aromatic carboxylic acids is 4.